The number of halogens is 5. The molecule has 0 amide bonds. The third kappa shape index (κ3) is 6.01. The Morgan fingerprint density at radius 2 is 1.63 bits per heavy atom. The minimum Gasteiger partial charge on any atom is -0.379 e. The molecule has 2 aromatic rings. The Balaban J connectivity index is 1.74. The summed E-state index contributed by atoms with van der Waals surface area (Å²) in [5.74, 6) is -13.5. The van der Waals surface area contributed by atoms with Gasteiger partial charge in [0.1, 0.15) is 5.75 Å². The van der Waals surface area contributed by atoms with Crippen LogP contribution in [-0.2, 0) is 10.1 Å². The number of nitrogens with zero attached hydrogens (tertiary/aromatic N) is 1. The molecule has 1 heterocycles. The summed E-state index contributed by atoms with van der Waals surface area (Å²) in [6.07, 6.45) is 8.45. The van der Waals surface area contributed by atoms with Gasteiger partial charge in [0.15, 0.2) is 33.9 Å². The lowest BCUT2D eigenvalue weighted by molar-refractivity contribution is 0.0865. The zero-order valence-corrected chi connectivity index (χ0v) is 19.7. The van der Waals surface area contributed by atoms with Crippen molar-refractivity contribution >= 4 is 15.9 Å². The monoisotopic (exact) mass is 517 g/mol. The second kappa shape index (κ2) is 11.2. The first-order valence-electron chi connectivity index (χ1n) is 11.1. The average molecular weight is 518 g/mol. The van der Waals surface area contributed by atoms with E-state index < -0.39 is 49.8 Å². The van der Waals surface area contributed by atoms with E-state index in [0.29, 0.717) is 25.9 Å². The molecule has 190 valence electrons. The van der Waals surface area contributed by atoms with Crippen LogP contribution in [0, 0.1) is 35.0 Å². The third-order valence-corrected chi connectivity index (χ3v) is 6.96. The van der Waals surface area contributed by atoms with Crippen LogP contribution in [0.25, 0.3) is 0 Å². The minimum absolute atomic E-state index is 0.104. The zero-order valence-electron chi connectivity index (χ0n) is 18.9. The van der Waals surface area contributed by atoms with Crippen molar-refractivity contribution < 1.29 is 39.3 Å². The van der Waals surface area contributed by atoms with Crippen molar-refractivity contribution in [3.8, 4) is 5.75 Å². The van der Waals surface area contributed by atoms with Crippen molar-refractivity contribution in [1.29, 1.82) is 0 Å². The second-order valence-electron chi connectivity index (χ2n) is 8.17. The van der Waals surface area contributed by atoms with E-state index in [1.54, 1.807) is 0 Å². The molecule has 1 aliphatic rings. The van der Waals surface area contributed by atoms with E-state index in [1.807, 2.05) is 6.20 Å². The van der Waals surface area contributed by atoms with Crippen LogP contribution in [0.2, 0.25) is 0 Å². The standard InChI is InChI=1S/C24H24F5NO4S/c1-2-3-4-5-11-30-12-9-15(10-13-30)23(31)16-7-6-8-17(14-16)34-35(32,33)24-21(28)19(26)18(25)20(27)22(24)29/h5-8,11,14-15H,2-4,9-10,12-13H2,1H3/b11-5+. The highest BCUT2D eigenvalue weighted by molar-refractivity contribution is 7.87. The molecule has 1 fully saturated rings. The summed E-state index contributed by atoms with van der Waals surface area (Å²) in [7, 11) is -5.45. The molecular weight excluding hydrogens is 493 g/mol. The lowest BCUT2D eigenvalue weighted by Crippen LogP contribution is -2.33. The first-order valence-corrected chi connectivity index (χ1v) is 12.5. The highest BCUT2D eigenvalue weighted by atomic mass is 32.2. The Labute approximate surface area is 200 Å². The molecule has 0 aliphatic carbocycles. The van der Waals surface area contributed by atoms with E-state index in [1.165, 1.54) is 12.1 Å². The quantitative estimate of drug-likeness (QED) is 0.106. The van der Waals surface area contributed by atoms with Crippen LogP contribution in [0.5, 0.6) is 5.75 Å². The molecule has 3 rings (SSSR count). The first-order chi connectivity index (χ1) is 16.6. The Kier molecular flexibility index (Phi) is 8.52. The molecule has 0 N–H and O–H groups in total. The number of hydrogen-bond acceptors (Lipinski definition) is 5. The number of benzene rings is 2. The normalized spacial score (nSPS) is 15.1. The molecule has 0 bridgehead atoms. The summed E-state index contributed by atoms with van der Waals surface area (Å²) in [5, 5.41) is 0. The molecule has 0 unspecified atom stereocenters. The van der Waals surface area contributed by atoms with Gasteiger partial charge >= 0.3 is 10.1 Å². The predicted octanol–water partition coefficient (Wildman–Crippen LogP) is 5.75. The molecule has 5 nitrogen and oxygen atoms in total. The SMILES string of the molecule is CCCC/C=C/N1CCC(C(=O)c2cccc(OS(=O)(=O)c3c(F)c(F)c(F)c(F)c3F)c2)CC1. The van der Waals surface area contributed by atoms with Gasteiger partial charge in [0.05, 0.1) is 0 Å². The summed E-state index contributed by atoms with van der Waals surface area (Å²) in [4.78, 5) is 12.9. The van der Waals surface area contributed by atoms with Gasteiger partial charge in [-0.1, -0.05) is 38.0 Å². The van der Waals surface area contributed by atoms with Crippen LogP contribution in [0.1, 0.15) is 49.4 Å². The first kappa shape index (κ1) is 26.7. The zero-order chi connectivity index (χ0) is 25.8. The Morgan fingerprint density at radius 1 is 1.03 bits per heavy atom. The van der Waals surface area contributed by atoms with Crippen LogP contribution >= 0.6 is 0 Å². The Hall–Kier alpha value is -2.95. The number of likely N-dealkylation sites (tertiary alicyclic amines) is 1. The van der Waals surface area contributed by atoms with Crippen LogP contribution in [0.4, 0.5) is 22.0 Å². The number of allylic oxidation sites excluding steroid dienone is 1. The number of rotatable bonds is 9. The van der Waals surface area contributed by atoms with Crippen molar-refractivity contribution in [2.24, 2.45) is 5.92 Å². The van der Waals surface area contributed by atoms with Crippen LogP contribution in [-0.4, -0.2) is 32.2 Å². The fraction of sp³-hybridized carbons (Fsp3) is 0.375. The fourth-order valence-electron chi connectivity index (χ4n) is 3.77. The van der Waals surface area contributed by atoms with Crippen molar-refractivity contribution in [2.75, 3.05) is 13.1 Å². The highest BCUT2D eigenvalue weighted by Gasteiger charge is 2.35. The summed E-state index contributed by atoms with van der Waals surface area (Å²) in [5.41, 5.74) is 0.104. The van der Waals surface area contributed by atoms with E-state index >= 15 is 0 Å². The summed E-state index contributed by atoms with van der Waals surface area (Å²) < 4.78 is 97.4. The number of hydrogen-bond donors (Lipinski definition) is 0. The Bertz CT molecular complexity index is 1200. The second-order valence-corrected chi connectivity index (χ2v) is 9.65. The van der Waals surface area contributed by atoms with E-state index in [4.69, 9.17) is 0 Å². The van der Waals surface area contributed by atoms with Crippen molar-refractivity contribution in [3.05, 3.63) is 71.2 Å². The number of ketones is 1. The van der Waals surface area contributed by atoms with Gasteiger partial charge in [0.2, 0.25) is 5.82 Å². The molecule has 0 radical (unpaired) electrons. The van der Waals surface area contributed by atoms with Crippen molar-refractivity contribution in [2.45, 2.75) is 43.9 Å². The van der Waals surface area contributed by atoms with Gasteiger partial charge in [-0.05, 0) is 37.6 Å². The average Bonchev–Trinajstić information content (AvgIpc) is 2.84. The number of carbonyl (C=O) groups is 1. The molecule has 2 aromatic carbocycles. The van der Waals surface area contributed by atoms with E-state index in [9.17, 15) is 35.2 Å². The van der Waals surface area contributed by atoms with Gasteiger partial charge in [0.25, 0.3) is 0 Å². The number of Topliss-reactive ketones (excluding diaryl/α,β-unsaturated/α-hetero) is 1. The largest absolute Gasteiger partial charge is 0.379 e. The smallest absolute Gasteiger partial charge is 0.345 e. The maximum Gasteiger partial charge on any atom is 0.345 e. The van der Waals surface area contributed by atoms with Crippen molar-refractivity contribution in [3.63, 3.8) is 0 Å². The van der Waals surface area contributed by atoms with Crippen molar-refractivity contribution in [1.82, 2.24) is 4.90 Å². The molecule has 0 aromatic heterocycles. The van der Waals surface area contributed by atoms with Gasteiger partial charge in [-0.3, -0.25) is 4.79 Å². The van der Waals surface area contributed by atoms with Crippen LogP contribution in [0.3, 0.4) is 0 Å². The number of unbranched alkanes of at least 4 members (excludes halogenated alkanes) is 2. The molecule has 0 saturated carbocycles. The molecule has 0 atom stereocenters. The Morgan fingerprint density at radius 3 is 2.23 bits per heavy atom. The lowest BCUT2D eigenvalue weighted by Gasteiger charge is -2.30. The predicted molar refractivity (Wildman–Crippen MR) is 118 cm³/mol. The van der Waals surface area contributed by atoms with E-state index in [2.05, 4.69) is 22.1 Å². The molecule has 35 heavy (non-hydrogen) atoms. The van der Waals surface area contributed by atoms with E-state index in [0.717, 1.165) is 31.4 Å². The summed E-state index contributed by atoms with van der Waals surface area (Å²) in [6.45, 7) is 3.45. The lowest BCUT2D eigenvalue weighted by atomic mass is 9.89. The maximum atomic E-state index is 14.0. The highest BCUT2D eigenvalue weighted by Crippen LogP contribution is 2.30. The minimum atomic E-state index is -5.45. The third-order valence-electron chi connectivity index (χ3n) is 5.68. The molecule has 0 spiro atoms. The van der Waals surface area contributed by atoms with Crippen LogP contribution < -0.4 is 4.18 Å². The topological polar surface area (TPSA) is 63.7 Å². The maximum absolute atomic E-state index is 14.0. The number of carbonyl (C=O) groups excluding carboxylic acids is 1. The molecular formula is C24H24F5NO4S. The molecule has 1 saturated heterocycles. The summed E-state index contributed by atoms with van der Waals surface area (Å²) >= 11 is 0. The van der Waals surface area contributed by atoms with Crippen LogP contribution in [0.15, 0.2) is 41.4 Å². The molecule has 11 heteroatoms. The van der Waals surface area contributed by atoms with Gasteiger partial charge < -0.3 is 9.08 Å². The molecule has 1 aliphatic heterocycles. The van der Waals surface area contributed by atoms with Gasteiger partial charge in [-0.25, -0.2) is 22.0 Å². The van der Waals surface area contributed by atoms with Gasteiger partial charge in [-0.15, -0.1) is 0 Å². The van der Waals surface area contributed by atoms with Gasteiger partial charge in [0, 0.05) is 24.6 Å². The summed E-state index contributed by atoms with van der Waals surface area (Å²) in [6, 6.07) is 4.87. The van der Waals surface area contributed by atoms with Gasteiger partial charge in [-0.2, -0.15) is 8.42 Å². The van der Waals surface area contributed by atoms with E-state index in [-0.39, 0.29) is 17.3 Å². The number of piperidine rings is 1. The fourth-order valence-corrected chi connectivity index (χ4v) is 4.82.